The summed E-state index contributed by atoms with van der Waals surface area (Å²) in [6, 6.07) is 11.1. The molecule has 0 amide bonds. The molecule has 6 heteroatoms. The van der Waals surface area contributed by atoms with Crippen molar-refractivity contribution in [3.8, 4) is 21.8 Å². The fraction of sp³-hybridized carbons (Fsp3) is 0. The summed E-state index contributed by atoms with van der Waals surface area (Å²) in [6.07, 6.45) is 0. The molecule has 0 aliphatic rings. The van der Waals surface area contributed by atoms with Gasteiger partial charge >= 0.3 is 0 Å². The molecule has 0 atom stereocenters. The lowest BCUT2D eigenvalue weighted by molar-refractivity contribution is 1.19. The van der Waals surface area contributed by atoms with Gasteiger partial charge < -0.3 is 0 Å². The zero-order chi connectivity index (χ0) is 14.1. The van der Waals surface area contributed by atoms with Crippen molar-refractivity contribution in [2.45, 2.75) is 0 Å². The zero-order valence-electron chi connectivity index (χ0n) is 9.98. The molecule has 1 aromatic carbocycles. The number of thiophene rings is 1. The van der Waals surface area contributed by atoms with Crippen molar-refractivity contribution < 1.29 is 0 Å². The Kier molecular flexibility index (Phi) is 3.94. The molecule has 0 saturated heterocycles. The highest BCUT2D eigenvalue weighted by atomic mass is 35.5. The van der Waals surface area contributed by atoms with Crippen LogP contribution in [0.2, 0.25) is 15.3 Å². The zero-order valence-corrected chi connectivity index (χ0v) is 13.1. The summed E-state index contributed by atoms with van der Waals surface area (Å²) >= 11 is 20.0. The van der Waals surface area contributed by atoms with E-state index in [-0.39, 0.29) is 0 Å². The van der Waals surface area contributed by atoms with Crippen molar-refractivity contribution in [2.24, 2.45) is 0 Å². The molecule has 100 valence electrons. The van der Waals surface area contributed by atoms with Gasteiger partial charge in [0.2, 0.25) is 0 Å². The lowest BCUT2D eigenvalue weighted by atomic mass is 10.1. The highest BCUT2D eigenvalue weighted by molar-refractivity contribution is 7.13. The Bertz CT molecular complexity index is 734. The van der Waals surface area contributed by atoms with E-state index < -0.39 is 0 Å². The lowest BCUT2D eigenvalue weighted by Gasteiger charge is -2.08. The van der Waals surface area contributed by atoms with E-state index >= 15 is 0 Å². The van der Waals surface area contributed by atoms with Gasteiger partial charge in [0.1, 0.15) is 10.3 Å². The number of aromatic nitrogens is 2. The maximum atomic E-state index is 6.26. The third kappa shape index (κ3) is 2.67. The van der Waals surface area contributed by atoms with Gasteiger partial charge in [0.25, 0.3) is 0 Å². The van der Waals surface area contributed by atoms with E-state index in [1.165, 1.54) is 11.3 Å². The Hall–Kier alpha value is -1.13. The van der Waals surface area contributed by atoms with E-state index in [2.05, 4.69) is 9.97 Å². The van der Waals surface area contributed by atoms with Crippen molar-refractivity contribution in [3.63, 3.8) is 0 Å². The Labute approximate surface area is 135 Å². The normalized spacial score (nSPS) is 10.8. The topological polar surface area (TPSA) is 25.8 Å². The van der Waals surface area contributed by atoms with Crippen LogP contribution in [-0.4, -0.2) is 9.97 Å². The Morgan fingerprint density at radius 2 is 1.65 bits per heavy atom. The first-order valence-corrected chi connectivity index (χ1v) is 7.69. The monoisotopic (exact) mass is 340 g/mol. The minimum absolute atomic E-state index is 0.315. The number of benzene rings is 1. The van der Waals surface area contributed by atoms with Crippen LogP contribution >= 0.6 is 46.1 Å². The van der Waals surface area contributed by atoms with Crippen molar-refractivity contribution in [2.75, 3.05) is 0 Å². The Morgan fingerprint density at radius 1 is 0.900 bits per heavy atom. The number of halogens is 3. The van der Waals surface area contributed by atoms with Crippen LogP contribution in [0.5, 0.6) is 0 Å². The van der Waals surface area contributed by atoms with Crippen LogP contribution in [0.1, 0.15) is 0 Å². The van der Waals surface area contributed by atoms with Gasteiger partial charge in [-0.1, -0.05) is 53.0 Å². The van der Waals surface area contributed by atoms with E-state index in [0.717, 1.165) is 10.4 Å². The number of nitrogens with zero attached hydrogens (tertiary/aromatic N) is 2. The van der Waals surface area contributed by atoms with Crippen LogP contribution in [0.3, 0.4) is 0 Å². The molecule has 0 fully saturated rings. The van der Waals surface area contributed by atoms with Crippen molar-refractivity contribution in [1.82, 2.24) is 9.97 Å². The minimum Gasteiger partial charge on any atom is -0.215 e. The summed E-state index contributed by atoms with van der Waals surface area (Å²) < 4.78 is 0. The van der Waals surface area contributed by atoms with Gasteiger partial charge in [0, 0.05) is 5.02 Å². The fourth-order valence-corrected chi connectivity index (χ4v) is 3.26. The summed E-state index contributed by atoms with van der Waals surface area (Å²) in [7, 11) is 0. The summed E-state index contributed by atoms with van der Waals surface area (Å²) in [4.78, 5) is 9.56. The smallest absolute Gasteiger partial charge is 0.172 e. The summed E-state index contributed by atoms with van der Waals surface area (Å²) in [5.74, 6) is 0.528. The average Bonchev–Trinajstić information content (AvgIpc) is 2.91. The molecule has 0 aliphatic carbocycles. The minimum atomic E-state index is 0.315. The van der Waals surface area contributed by atoms with Crippen LogP contribution in [0.25, 0.3) is 21.8 Å². The highest BCUT2D eigenvalue weighted by Gasteiger charge is 2.15. The number of hydrogen-bond acceptors (Lipinski definition) is 3. The lowest BCUT2D eigenvalue weighted by Crippen LogP contribution is -1.93. The number of rotatable bonds is 2. The molecule has 0 spiro atoms. The van der Waals surface area contributed by atoms with Crippen LogP contribution in [-0.2, 0) is 0 Å². The standard InChI is InChI=1S/C14H7Cl3N2S/c15-9-4-1-3-8(7-9)11-12(16)18-14(19-13(11)17)10-5-2-6-20-10/h1-7H. The molecule has 3 aromatic rings. The van der Waals surface area contributed by atoms with Crippen molar-refractivity contribution in [3.05, 3.63) is 57.1 Å². The molecule has 0 N–H and O–H groups in total. The average molecular weight is 342 g/mol. The van der Waals surface area contributed by atoms with Gasteiger partial charge in [-0.15, -0.1) is 11.3 Å². The van der Waals surface area contributed by atoms with Crippen molar-refractivity contribution >= 4 is 46.1 Å². The molecule has 0 unspecified atom stereocenters. The third-order valence-corrected chi connectivity index (χ3v) is 4.32. The van der Waals surface area contributed by atoms with E-state index in [9.17, 15) is 0 Å². The highest BCUT2D eigenvalue weighted by Crippen LogP contribution is 2.35. The van der Waals surface area contributed by atoms with Gasteiger partial charge in [0.05, 0.1) is 10.4 Å². The first-order valence-electron chi connectivity index (χ1n) is 5.68. The molecule has 2 aromatic heterocycles. The van der Waals surface area contributed by atoms with Crippen LogP contribution in [0.15, 0.2) is 41.8 Å². The largest absolute Gasteiger partial charge is 0.215 e. The van der Waals surface area contributed by atoms with Gasteiger partial charge in [-0.25, -0.2) is 9.97 Å². The predicted molar refractivity (Wildman–Crippen MR) is 85.8 cm³/mol. The van der Waals surface area contributed by atoms with Crippen molar-refractivity contribution in [1.29, 1.82) is 0 Å². The molecule has 2 heterocycles. The van der Waals surface area contributed by atoms with Gasteiger partial charge in [-0.2, -0.15) is 0 Å². The summed E-state index contributed by atoms with van der Waals surface area (Å²) in [5.41, 5.74) is 1.39. The second-order valence-electron chi connectivity index (χ2n) is 3.99. The molecule has 2 nitrogen and oxygen atoms in total. The Balaban J connectivity index is 2.14. The first kappa shape index (κ1) is 13.8. The maximum absolute atomic E-state index is 6.26. The summed E-state index contributed by atoms with van der Waals surface area (Å²) in [5, 5.41) is 3.19. The number of hydrogen-bond donors (Lipinski definition) is 0. The van der Waals surface area contributed by atoms with Crippen LogP contribution in [0, 0.1) is 0 Å². The molecule has 0 radical (unpaired) electrons. The van der Waals surface area contributed by atoms with E-state index in [0.29, 0.717) is 26.7 Å². The quantitative estimate of drug-likeness (QED) is 0.548. The van der Waals surface area contributed by atoms with Crippen LogP contribution < -0.4 is 0 Å². The first-order chi connectivity index (χ1) is 9.65. The Morgan fingerprint density at radius 3 is 2.25 bits per heavy atom. The van der Waals surface area contributed by atoms with E-state index in [1.807, 2.05) is 29.6 Å². The molecule has 20 heavy (non-hydrogen) atoms. The molecule has 0 aliphatic heterocycles. The van der Waals surface area contributed by atoms with Gasteiger partial charge in [-0.3, -0.25) is 0 Å². The second-order valence-corrected chi connectivity index (χ2v) is 6.09. The molecule has 3 rings (SSSR count). The van der Waals surface area contributed by atoms with Gasteiger partial charge in [0.15, 0.2) is 5.82 Å². The molecular weight excluding hydrogens is 335 g/mol. The molecule has 0 saturated carbocycles. The fourth-order valence-electron chi connectivity index (χ4n) is 1.81. The molecule has 0 bridgehead atoms. The van der Waals surface area contributed by atoms with Crippen LogP contribution in [0.4, 0.5) is 0 Å². The SMILES string of the molecule is Clc1cccc(-c2c(Cl)nc(-c3cccs3)nc2Cl)c1. The molecular formula is C14H7Cl3N2S. The second kappa shape index (κ2) is 5.70. The predicted octanol–water partition coefficient (Wildman–Crippen LogP) is 5.83. The van der Waals surface area contributed by atoms with E-state index in [4.69, 9.17) is 34.8 Å². The summed E-state index contributed by atoms with van der Waals surface area (Å²) in [6.45, 7) is 0. The van der Waals surface area contributed by atoms with E-state index in [1.54, 1.807) is 12.1 Å². The maximum Gasteiger partial charge on any atom is 0.172 e. The third-order valence-electron chi connectivity index (χ3n) is 2.68. The van der Waals surface area contributed by atoms with Gasteiger partial charge in [-0.05, 0) is 29.1 Å².